The van der Waals surface area contributed by atoms with E-state index in [0.717, 1.165) is 0 Å². The third-order valence-corrected chi connectivity index (χ3v) is 3.36. The van der Waals surface area contributed by atoms with Gasteiger partial charge in [-0.15, -0.1) is 0 Å². The number of benzene rings is 1. The van der Waals surface area contributed by atoms with E-state index in [9.17, 15) is 13.6 Å². The smallest absolute Gasteiger partial charge is 0.304 e. The van der Waals surface area contributed by atoms with Crippen molar-refractivity contribution in [1.82, 2.24) is 14.5 Å². The van der Waals surface area contributed by atoms with Gasteiger partial charge in [0.25, 0.3) is 0 Å². The maximum atomic E-state index is 14.1. The maximum Gasteiger partial charge on any atom is 0.327 e. The highest BCUT2D eigenvalue weighted by atomic mass is 19.1. The van der Waals surface area contributed by atoms with Crippen molar-refractivity contribution in [1.29, 1.82) is 0 Å². The Morgan fingerprint density at radius 3 is 2.80 bits per heavy atom. The Hall–Kier alpha value is -2.50. The van der Waals surface area contributed by atoms with E-state index in [0.29, 0.717) is 16.7 Å². The fourth-order valence-electron chi connectivity index (χ4n) is 2.14. The molecule has 2 heterocycles. The first kappa shape index (κ1) is 12.5. The lowest BCUT2D eigenvalue weighted by Crippen LogP contribution is -2.12. The monoisotopic (exact) mass is 275 g/mol. The van der Waals surface area contributed by atoms with Gasteiger partial charge in [0.05, 0.1) is 5.52 Å². The lowest BCUT2D eigenvalue weighted by molar-refractivity contribution is 0.570. The van der Waals surface area contributed by atoms with Gasteiger partial charge in [-0.3, -0.25) is 4.57 Å². The van der Waals surface area contributed by atoms with Crippen LogP contribution in [0.4, 0.5) is 8.78 Å². The Labute approximate surface area is 112 Å². The van der Waals surface area contributed by atoms with E-state index >= 15 is 0 Å². The Morgan fingerprint density at radius 1 is 1.30 bits per heavy atom. The van der Waals surface area contributed by atoms with Crippen molar-refractivity contribution in [2.75, 3.05) is 0 Å². The fraction of sp³-hybridized carbons (Fsp3) is 0.143. The number of fused-ring (bicyclic) bond motifs is 1. The van der Waals surface area contributed by atoms with E-state index in [4.69, 9.17) is 0 Å². The van der Waals surface area contributed by atoms with E-state index in [1.165, 1.54) is 29.8 Å². The number of rotatable bonds is 1. The minimum atomic E-state index is -0.621. The third-order valence-electron chi connectivity index (χ3n) is 3.36. The van der Waals surface area contributed by atoms with Gasteiger partial charge in [-0.1, -0.05) is 0 Å². The molecule has 2 aromatic heterocycles. The number of aromatic nitrogens is 3. The number of hydrogen-bond acceptors (Lipinski definition) is 2. The van der Waals surface area contributed by atoms with Crippen molar-refractivity contribution in [3.63, 3.8) is 0 Å². The number of nitrogens with zero attached hydrogens (tertiary/aromatic N) is 2. The van der Waals surface area contributed by atoms with Gasteiger partial charge in [0.15, 0.2) is 5.65 Å². The van der Waals surface area contributed by atoms with Gasteiger partial charge in [0.2, 0.25) is 0 Å². The second kappa shape index (κ2) is 4.26. The molecule has 0 saturated heterocycles. The quantitative estimate of drug-likeness (QED) is 0.742. The van der Waals surface area contributed by atoms with Crippen LogP contribution in [-0.2, 0) is 7.05 Å². The van der Waals surface area contributed by atoms with Crippen molar-refractivity contribution in [3.8, 4) is 11.1 Å². The van der Waals surface area contributed by atoms with E-state index in [1.54, 1.807) is 13.1 Å². The molecule has 20 heavy (non-hydrogen) atoms. The van der Waals surface area contributed by atoms with Gasteiger partial charge in [-0.25, -0.2) is 18.6 Å². The molecule has 3 aromatic rings. The molecule has 0 saturated carbocycles. The SMILES string of the molecule is Cc1c(F)ccc(-c2cnc3c(c2)[nH]c(=O)n3C)c1F. The van der Waals surface area contributed by atoms with Gasteiger partial charge in [-0.05, 0) is 25.1 Å². The molecular weight excluding hydrogens is 264 g/mol. The zero-order valence-electron chi connectivity index (χ0n) is 10.9. The van der Waals surface area contributed by atoms with Gasteiger partial charge < -0.3 is 4.98 Å². The molecule has 0 atom stereocenters. The Morgan fingerprint density at radius 2 is 2.05 bits per heavy atom. The highest BCUT2D eigenvalue weighted by molar-refractivity contribution is 5.78. The van der Waals surface area contributed by atoms with Crippen LogP contribution in [0.25, 0.3) is 22.3 Å². The van der Waals surface area contributed by atoms with Crippen molar-refractivity contribution < 1.29 is 8.78 Å². The molecule has 4 nitrogen and oxygen atoms in total. The average molecular weight is 275 g/mol. The summed E-state index contributed by atoms with van der Waals surface area (Å²) >= 11 is 0. The zero-order valence-corrected chi connectivity index (χ0v) is 10.9. The largest absolute Gasteiger partial charge is 0.327 e. The van der Waals surface area contributed by atoms with Crippen LogP contribution in [0.15, 0.2) is 29.2 Å². The van der Waals surface area contributed by atoms with Crippen LogP contribution in [0.2, 0.25) is 0 Å². The molecule has 0 radical (unpaired) electrons. The topological polar surface area (TPSA) is 50.7 Å². The molecule has 1 aromatic carbocycles. The molecular formula is C14H11F2N3O. The molecule has 6 heteroatoms. The van der Waals surface area contributed by atoms with E-state index in [2.05, 4.69) is 9.97 Å². The first-order chi connectivity index (χ1) is 9.49. The summed E-state index contributed by atoms with van der Waals surface area (Å²) in [6.45, 7) is 1.38. The summed E-state index contributed by atoms with van der Waals surface area (Å²) in [6.07, 6.45) is 1.46. The summed E-state index contributed by atoms with van der Waals surface area (Å²) < 4.78 is 28.7. The predicted molar refractivity (Wildman–Crippen MR) is 71.4 cm³/mol. The standard InChI is InChI=1S/C14H11F2N3O/c1-7-10(15)4-3-9(12(7)16)8-5-11-13(17-6-8)19(2)14(20)18-11/h3-6H,1-2H3,(H,18,20). The van der Waals surface area contributed by atoms with E-state index < -0.39 is 11.6 Å². The molecule has 0 aliphatic heterocycles. The number of aromatic amines is 1. The van der Waals surface area contributed by atoms with Crippen LogP contribution in [0.5, 0.6) is 0 Å². The van der Waals surface area contributed by atoms with Crippen LogP contribution >= 0.6 is 0 Å². The number of imidazole rings is 1. The second-order valence-corrected chi connectivity index (χ2v) is 4.62. The summed E-state index contributed by atoms with van der Waals surface area (Å²) in [7, 11) is 1.59. The van der Waals surface area contributed by atoms with E-state index in [-0.39, 0.29) is 16.8 Å². The van der Waals surface area contributed by atoms with Crippen molar-refractivity contribution in [2.24, 2.45) is 7.05 Å². The predicted octanol–water partition coefficient (Wildman–Crippen LogP) is 2.52. The zero-order chi connectivity index (χ0) is 14.4. The number of hydrogen-bond donors (Lipinski definition) is 1. The molecule has 0 unspecified atom stereocenters. The third kappa shape index (κ3) is 1.72. The second-order valence-electron chi connectivity index (χ2n) is 4.62. The number of nitrogens with one attached hydrogen (secondary N) is 1. The van der Waals surface area contributed by atoms with Crippen LogP contribution in [0.3, 0.4) is 0 Å². The fourth-order valence-corrected chi connectivity index (χ4v) is 2.14. The molecule has 0 aliphatic rings. The summed E-state index contributed by atoms with van der Waals surface area (Å²) in [5.41, 5.74) is 1.40. The maximum absolute atomic E-state index is 14.1. The Kier molecular flexibility index (Phi) is 2.67. The van der Waals surface area contributed by atoms with Crippen LogP contribution in [0.1, 0.15) is 5.56 Å². The van der Waals surface area contributed by atoms with Gasteiger partial charge in [-0.2, -0.15) is 0 Å². The molecule has 0 spiro atoms. The molecule has 0 amide bonds. The first-order valence-electron chi connectivity index (χ1n) is 5.99. The number of halogens is 2. The minimum absolute atomic E-state index is 0.0378. The Bertz CT molecular complexity index is 880. The summed E-state index contributed by atoms with van der Waals surface area (Å²) in [5.74, 6) is -1.21. The van der Waals surface area contributed by atoms with Gasteiger partial charge >= 0.3 is 5.69 Å². The average Bonchev–Trinajstić information content (AvgIpc) is 2.71. The molecule has 0 fully saturated rings. The number of H-pyrrole nitrogens is 1. The Balaban J connectivity index is 2.25. The summed E-state index contributed by atoms with van der Waals surface area (Å²) in [4.78, 5) is 18.3. The van der Waals surface area contributed by atoms with Crippen LogP contribution in [0, 0.1) is 18.6 Å². The number of pyridine rings is 1. The lowest BCUT2D eigenvalue weighted by Gasteiger charge is -2.06. The van der Waals surface area contributed by atoms with Gasteiger partial charge in [0, 0.05) is 29.9 Å². The van der Waals surface area contributed by atoms with Crippen LogP contribution in [-0.4, -0.2) is 14.5 Å². The molecule has 102 valence electrons. The summed E-state index contributed by atoms with van der Waals surface area (Å²) in [6, 6.07) is 4.20. The van der Waals surface area contributed by atoms with Crippen LogP contribution < -0.4 is 5.69 Å². The first-order valence-corrected chi connectivity index (χ1v) is 5.99. The highest BCUT2D eigenvalue weighted by Crippen LogP contribution is 2.27. The molecule has 3 rings (SSSR count). The van der Waals surface area contributed by atoms with E-state index in [1.807, 2.05) is 0 Å². The molecule has 0 bridgehead atoms. The highest BCUT2D eigenvalue weighted by Gasteiger charge is 2.13. The number of aryl methyl sites for hydroxylation is 1. The summed E-state index contributed by atoms with van der Waals surface area (Å²) in [5, 5.41) is 0. The minimum Gasteiger partial charge on any atom is -0.304 e. The lowest BCUT2D eigenvalue weighted by atomic mass is 10.0. The van der Waals surface area contributed by atoms with Crippen molar-refractivity contribution in [3.05, 3.63) is 52.1 Å². The molecule has 1 N–H and O–H groups in total. The normalized spacial score (nSPS) is 11.2. The molecule has 0 aliphatic carbocycles. The van der Waals surface area contributed by atoms with Crippen molar-refractivity contribution >= 4 is 11.2 Å². The van der Waals surface area contributed by atoms with Crippen molar-refractivity contribution in [2.45, 2.75) is 6.92 Å². The van der Waals surface area contributed by atoms with Gasteiger partial charge in [0.1, 0.15) is 11.6 Å².